The molecule has 36 heavy (non-hydrogen) atoms. The van der Waals surface area contributed by atoms with Crippen LogP contribution >= 0.6 is 23.6 Å². The van der Waals surface area contributed by atoms with E-state index < -0.39 is 16.7 Å². The summed E-state index contributed by atoms with van der Waals surface area (Å²) in [6, 6.07) is 5.34. The van der Waals surface area contributed by atoms with E-state index in [4.69, 9.17) is 10.5 Å². The van der Waals surface area contributed by atoms with Gasteiger partial charge >= 0.3 is 6.09 Å². The van der Waals surface area contributed by atoms with Crippen LogP contribution in [0.2, 0.25) is 0 Å². The lowest BCUT2D eigenvalue weighted by molar-refractivity contribution is -0.120. The number of amides is 2. The van der Waals surface area contributed by atoms with Crippen molar-refractivity contribution in [1.29, 1.82) is 0 Å². The van der Waals surface area contributed by atoms with E-state index in [1.54, 1.807) is 10.8 Å². The van der Waals surface area contributed by atoms with Crippen molar-refractivity contribution < 1.29 is 19.4 Å². The first kappa shape index (κ1) is 27.8. The molecule has 4 unspecified atom stereocenters. The second-order valence-electron chi connectivity index (χ2n) is 11.3. The number of hydrogen-bond donors (Lipinski definition) is 5. The van der Waals surface area contributed by atoms with Crippen LogP contribution in [-0.2, 0) is 26.7 Å². The number of benzene rings is 1. The van der Waals surface area contributed by atoms with Crippen molar-refractivity contribution in [2.45, 2.75) is 82.1 Å². The molecule has 2 fully saturated rings. The first-order chi connectivity index (χ1) is 17.1. The smallest absolute Gasteiger partial charge is 0.407 e. The van der Waals surface area contributed by atoms with Gasteiger partial charge in [0.25, 0.3) is 0 Å². The highest BCUT2D eigenvalue weighted by atomic mass is 33.1. The van der Waals surface area contributed by atoms with E-state index in [1.165, 1.54) is 11.1 Å². The first-order valence-electron chi connectivity index (χ1n) is 12.9. The van der Waals surface area contributed by atoms with E-state index in [0.717, 1.165) is 55.1 Å². The monoisotopic (exact) mass is 554 g/mol. The molecule has 0 spiro atoms. The Labute approximate surface area is 227 Å². The standard InChI is InChI=1S/C26H39N3O4S3/c1-25(2,22(29-34)23(27)31)36-35-13-12-28-24(32)33-21-9-8-20-19-6-4-15-14-16(30)5-7-17(15)18(19)10-11-26(20,21)3/h5,7,14,18-22,29-30,34H,4,6,8-13H2,1-3H3,(H2,27,31)(H,28,32)/p+1/t18?,19?,20?,21-,22-,26?/m1/s1. The molecular weight excluding hydrogens is 515 g/mol. The van der Waals surface area contributed by atoms with Gasteiger partial charge in [0.2, 0.25) is 5.91 Å². The van der Waals surface area contributed by atoms with Crippen molar-refractivity contribution >= 4 is 46.4 Å². The van der Waals surface area contributed by atoms with E-state index in [9.17, 15) is 14.7 Å². The second kappa shape index (κ2) is 11.3. The number of ether oxygens (including phenoxy) is 1. The lowest BCUT2D eigenvalue weighted by Gasteiger charge is -2.50. The molecule has 1 aromatic rings. The quantitative estimate of drug-likeness (QED) is 0.137. The number of aromatic hydroxyl groups is 1. The zero-order valence-corrected chi connectivity index (χ0v) is 23.9. The summed E-state index contributed by atoms with van der Waals surface area (Å²) in [5, 5.41) is 12.8. The Kier molecular flexibility index (Phi) is 8.69. The van der Waals surface area contributed by atoms with Crippen LogP contribution in [0.5, 0.6) is 5.75 Å². The number of primary amides is 1. The number of thiol groups is 2. The summed E-state index contributed by atoms with van der Waals surface area (Å²) in [6.45, 7) is 6.74. The Morgan fingerprint density at radius 3 is 2.83 bits per heavy atom. The number of rotatable bonds is 9. The topological polar surface area (TPSA) is 114 Å². The van der Waals surface area contributed by atoms with Gasteiger partial charge in [-0.05, 0) is 93.4 Å². The molecular formula is C26H40N3O4S3+. The van der Waals surface area contributed by atoms with Crippen molar-refractivity contribution in [3.63, 3.8) is 0 Å². The van der Waals surface area contributed by atoms with Crippen LogP contribution in [0.25, 0.3) is 0 Å². The predicted octanol–water partition coefficient (Wildman–Crippen LogP) is 3.87. The maximum absolute atomic E-state index is 12.6. The Morgan fingerprint density at radius 1 is 1.33 bits per heavy atom. The van der Waals surface area contributed by atoms with Crippen LogP contribution in [0.1, 0.15) is 69.9 Å². The SMILES string of the molecule is CC(C)(S[SH+]CCNC(=O)O[C@@H]1CCC2C3CCc4cc(O)ccc4C3CCC21C)[C@H](NS)C(N)=O. The number of hydrogen-bond acceptors (Lipinski definition) is 7. The third-order valence-corrected chi connectivity index (χ3v) is 12.6. The molecule has 0 aliphatic heterocycles. The molecule has 1 aromatic carbocycles. The minimum absolute atomic E-state index is 0.0225. The van der Waals surface area contributed by atoms with E-state index in [1.807, 2.05) is 26.0 Å². The fourth-order valence-electron chi connectivity index (χ4n) is 6.92. The fourth-order valence-corrected chi connectivity index (χ4v) is 10.2. The van der Waals surface area contributed by atoms with Crippen molar-refractivity contribution in [2.75, 3.05) is 12.3 Å². The average molecular weight is 555 g/mol. The lowest BCUT2D eigenvalue weighted by atomic mass is 9.55. The third-order valence-electron chi connectivity index (χ3n) is 8.75. The summed E-state index contributed by atoms with van der Waals surface area (Å²) < 4.78 is 8.28. The highest BCUT2D eigenvalue weighted by molar-refractivity contribution is 8.66. The molecule has 2 saturated carbocycles. The largest absolute Gasteiger partial charge is 0.508 e. The summed E-state index contributed by atoms with van der Waals surface area (Å²) in [5.41, 5.74) is 8.20. The van der Waals surface area contributed by atoms with Gasteiger partial charge < -0.3 is 20.9 Å². The van der Waals surface area contributed by atoms with E-state index in [-0.39, 0.29) is 17.6 Å². The van der Waals surface area contributed by atoms with Gasteiger partial charge in [-0.1, -0.05) is 25.8 Å². The molecule has 7 nitrogen and oxygen atoms in total. The van der Waals surface area contributed by atoms with Crippen molar-refractivity contribution in [3.05, 3.63) is 29.3 Å². The Morgan fingerprint density at radius 2 is 2.11 bits per heavy atom. The molecule has 200 valence electrons. The van der Waals surface area contributed by atoms with Crippen LogP contribution < -0.4 is 15.8 Å². The highest BCUT2D eigenvalue weighted by Crippen LogP contribution is 2.61. The number of phenols is 1. The molecule has 0 heterocycles. The minimum Gasteiger partial charge on any atom is -0.508 e. The van der Waals surface area contributed by atoms with Crippen LogP contribution in [-0.4, -0.2) is 46.3 Å². The summed E-state index contributed by atoms with van der Waals surface area (Å²) in [4.78, 5) is 24.3. The van der Waals surface area contributed by atoms with Gasteiger partial charge in [-0.2, -0.15) is 0 Å². The van der Waals surface area contributed by atoms with Gasteiger partial charge in [-0.25, -0.2) is 4.79 Å². The van der Waals surface area contributed by atoms with Crippen LogP contribution in [0, 0.1) is 17.3 Å². The minimum atomic E-state index is -0.549. The molecule has 5 N–H and O–H groups in total. The van der Waals surface area contributed by atoms with Crippen molar-refractivity contribution in [2.24, 2.45) is 23.0 Å². The molecule has 10 heteroatoms. The summed E-state index contributed by atoms with van der Waals surface area (Å²) in [5.74, 6) is 2.39. The Hall–Kier alpha value is -1.23. The zero-order chi connectivity index (χ0) is 26.1. The molecule has 0 saturated heterocycles. The van der Waals surface area contributed by atoms with Crippen molar-refractivity contribution in [1.82, 2.24) is 10.0 Å². The molecule has 0 aromatic heterocycles. The summed E-state index contributed by atoms with van der Waals surface area (Å²) >= 11 is 4.02. The maximum atomic E-state index is 12.6. The molecule has 4 rings (SSSR count). The fraction of sp³-hybridized carbons (Fsp3) is 0.692. The van der Waals surface area contributed by atoms with Gasteiger partial charge in [0.05, 0.1) is 22.1 Å². The van der Waals surface area contributed by atoms with Gasteiger partial charge in [-0.3, -0.25) is 9.52 Å². The molecule has 0 radical (unpaired) electrons. The number of alkyl carbamates (subject to hydrolysis) is 1. The van der Waals surface area contributed by atoms with Gasteiger partial charge in [0.15, 0.2) is 0 Å². The average Bonchev–Trinajstić information content (AvgIpc) is 3.14. The highest BCUT2D eigenvalue weighted by Gasteiger charge is 2.56. The number of nitrogens with one attached hydrogen (secondary N) is 2. The second-order valence-corrected chi connectivity index (χ2v) is 14.8. The van der Waals surface area contributed by atoms with Crippen LogP contribution in [0.3, 0.4) is 0 Å². The van der Waals surface area contributed by atoms with Crippen LogP contribution in [0.15, 0.2) is 18.2 Å². The van der Waals surface area contributed by atoms with Crippen LogP contribution in [0.4, 0.5) is 4.79 Å². The first-order valence-corrected chi connectivity index (χ1v) is 15.8. The van der Waals surface area contributed by atoms with E-state index in [0.29, 0.717) is 30.0 Å². The zero-order valence-electron chi connectivity index (χ0n) is 21.3. The number of fused-ring (bicyclic) bond motifs is 5. The number of aryl methyl sites for hydroxylation is 1. The molecule has 6 atom stereocenters. The lowest BCUT2D eigenvalue weighted by Crippen LogP contribution is -2.50. The number of phenolic OH excluding ortho intramolecular Hbond substituents is 1. The predicted molar refractivity (Wildman–Crippen MR) is 151 cm³/mol. The molecule has 0 bridgehead atoms. The van der Waals surface area contributed by atoms with Gasteiger partial charge in [0, 0.05) is 16.2 Å². The summed E-state index contributed by atoms with van der Waals surface area (Å²) in [6.07, 6.45) is 5.97. The number of carbonyl (C=O) groups excluding carboxylic acids is 2. The number of carbonyl (C=O) groups is 2. The molecule has 3 aliphatic carbocycles. The van der Waals surface area contributed by atoms with E-state index >= 15 is 0 Å². The van der Waals surface area contributed by atoms with Gasteiger partial charge in [0.1, 0.15) is 23.6 Å². The maximum Gasteiger partial charge on any atom is 0.407 e. The molecule has 2 amide bonds. The number of nitrogens with two attached hydrogens (primary N) is 1. The van der Waals surface area contributed by atoms with Crippen molar-refractivity contribution in [3.8, 4) is 5.75 Å². The van der Waals surface area contributed by atoms with E-state index in [2.05, 4.69) is 35.8 Å². The molecule has 3 aliphatic rings. The Balaban J connectivity index is 1.26. The summed E-state index contributed by atoms with van der Waals surface area (Å²) in [7, 11) is 2.64. The Bertz CT molecular complexity index is 978. The normalized spacial score (nSPS) is 30.0. The van der Waals surface area contributed by atoms with Gasteiger partial charge in [-0.15, -0.1) is 0 Å². The third kappa shape index (κ3) is 5.61.